The number of benzene rings is 1. The van der Waals surface area contributed by atoms with E-state index in [4.69, 9.17) is 0 Å². The highest BCUT2D eigenvalue weighted by atomic mass is 79.9. The van der Waals surface area contributed by atoms with Crippen LogP contribution < -0.4 is 10.6 Å². The molecule has 8 heteroatoms. The van der Waals surface area contributed by atoms with Crippen LogP contribution in [0.15, 0.2) is 40.1 Å². The molecular formula is C17H23BrFN5O. The van der Waals surface area contributed by atoms with Crippen molar-refractivity contribution < 1.29 is 9.50 Å². The first-order valence-electron chi connectivity index (χ1n) is 7.99. The summed E-state index contributed by atoms with van der Waals surface area (Å²) in [6.45, 7) is 4.73. The third kappa shape index (κ3) is 5.54. The van der Waals surface area contributed by atoms with Gasteiger partial charge in [-0.15, -0.1) is 0 Å². The Balaban J connectivity index is 2.06. The minimum Gasteiger partial charge on any atom is -0.383 e. The zero-order chi connectivity index (χ0) is 18.4. The van der Waals surface area contributed by atoms with Crippen molar-refractivity contribution in [2.45, 2.75) is 26.0 Å². The van der Waals surface area contributed by atoms with E-state index in [-0.39, 0.29) is 18.9 Å². The summed E-state index contributed by atoms with van der Waals surface area (Å²) in [6.07, 6.45) is 3.39. The van der Waals surface area contributed by atoms with E-state index in [2.05, 4.69) is 36.7 Å². The lowest BCUT2D eigenvalue weighted by Crippen LogP contribution is -2.44. The Labute approximate surface area is 155 Å². The standard InChI is InChI=1S/C17H23BrFN5O/c1-4-20-16(21-8-12-7-14(18)5-6-15(12)19)22-11-17(2,25)13-9-23-24(3)10-13/h5-7,9-10,25H,4,8,11H2,1-3H3,(H2,20,21,22). The molecule has 0 amide bonds. The van der Waals surface area contributed by atoms with Crippen LogP contribution in [-0.4, -0.2) is 33.9 Å². The molecule has 0 aliphatic heterocycles. The molecule has 136 valence electrons. The Morgan fingerprint density at radius 2 is 2.20 bits per heavy atom. The third-order valence-corrected chi connectivity index (χ3v) is 4.18. The summed E-state index contributed by atoms with van der Waals surface area (Å²) in [6, 6.07) is 4.76. The van der Waals surface area contributed by atoms with Crippen LogP contribution in [0.1, 0.15) is 25.0 Å². The molecule has 0 radical (unpaired) electrons. The van der Waals surface area contributed by atoms with Gasteiger partial charge in [-0.1, -0.05) is 15.9 Å². The van der Waals surface area contributed by atoms with Gasteiger partial charge in [-0.25, -0.2) is 9.38 Å². The largest absolute Gasteiger partial charge is 0.383 e. The summed E-state index contributed by atoms with van der Waals surface area (Å²) in [5.74, 6) is 0.205. The molecule has 0 fully saturated rings. The molecule has 1 atom stereocenters. The number of hydrogen-bond donors (Lipinski definition) is 3. The summed E-state index contributed by atoms with van der Waals surface area (Å²) >= 11 is 3.33. The topological polar surface area (TPSA) is 74.5 Å². The number of nitrogens with one attached hydrogen (secondary N) is 2. The van der Waals surface area contributed by atoms with Crippen molar-refractivity contribution in [2.75, 3.05) is 13.1 Å². The predicted molar refractivity (Wildman–Crippen MR) is 99.7 cm³/mol. The number of aromatic nitrogens is 2. The quantitative estimate of drug-likeness (QED) is 0.503. The average Bonchev–Trinajstić information content (AvgIpc) is 3.00. The van der Waals surface area contributed by atoms with Crippen LogP contribution in [0.4, 0.5) is 4.39 Å². The minimum absolute atomic E-state index is 0.190. The fraction of sp³-hybridized carbons (Fsp3) is 0.412. The average molecular weight is 412 g/mol. The Hall–Kier alpha value is -1.93. The van der Waals surface area contributed by atoms with E-state index in [0.29, 0.717) is 23.6 Å². The van der Waals surface area contributed by atoms with Gasteiger partial charge in [0.2, 0.25) is 0 Å². The van der Waals surface area contributed by atoms with Crippen LogP contribution in [0.2, 0.25) is 0 Å². The Morgan fingerprint density at radius 3 is 2.84 bits per heavy atom. The zero-order valence-corrected chi connectivity index (χ0v) is 16.1. The van der Waals surface area contributed by atoms with Gasteiger partial charge in [0.15, 0.2) is 5.96 Å². The summed E-state index contributed by atoms with van der Waals surface area (Å²) < 4.78 is 16.3. The number of nitrogens with zero attached hydrogens (tertiary/aromatic N) is 3. The van der Waals surface area contributed by atoms with Crippen LogP contribution in [0.25, 0.3) is 0 Å². The van der Waals surface area contributed by atoms with E-state index in [1.54, 1.807) is 43.2 Å². The summed E-state index contributed by atoms with van der Waals surface area (Å²) in [5.41, 5.74) is 0.0906. The highest BCUT2D eigenvalue weighted by molar-refractivity contribution is 9.10. The molecule has 6 nitrogen and oxygen atoms in total. The van der Waals surface area contributed by atoms with E-state index >= 15 is 0 Å². The molecule has 0 saturated heterocycles. The van der Waals surface area contributed by atoms with E-state index in [1.807, 2.05) is 6.92 Å². The number of halogens is 2. The Morgan fingerprint density at radius 1 is 1.44 bits per heavy atom. The van der Waals surface area contributed by atoms with Crippen LogP contribution in [0.5, 0.6) is 0 Å². The molecule has 25 heavy (non-hydrogen) atoms. The van der Waals surface area contributed by atoms with Crippen molar-refractivity contribution in [2.24, 2.45) is 12.0 Å². The second kappa shape index (κ2) is 8.44. The van der Waals surface area contributed by atoms with Crippen LogP contribution >= 0.6 is 15.9 Å². The molecule has 1 unspecified atom stereocenters. The first-order valence-corrected chi connectivity index (χ1v) is 8.78. The Bertz CT molecular complexity index is 744. The van der Waals surface area contributed by atoms with E-state index < -0.39 is 5.60 Å². The lowest BCUT2D eigenvalue weighted by atomic mass is 10.00. The van der Waals surface area contributed by atoms with Crippen molar-refractivity contribution in [3.8, 4) is 0 Å². The van der Waals surface area contributed by atoms with Gasteiger partial charge < -0.3 is 15.7 Å². The molecule has 0 aliphatic rings. The fourth-order valence-corrected chi connectivity index (χ4v) is 2.64. The Kier molecular flexibility index (Phi) is 6.55. The lowest BCUT2D eigenvalue weighted by Gasteiger charge is -2.23. The van der Waals surface area contributed by atoms with Gasteiger partial charge in [0, 0.05) is 35.4 Å². The molecule has 2 rings (SSSR count). The van der Waals surface area contributed by atoms with Crippen LogP contribution in [0.3, 0.4) is 0 Å². The van der Waals surface area contributed by atoms with E-state index in [0.717, 1.165) is 4.47 Å². The van der Waals surface area contributed by atoms with Gasteiger partial charge >= 0.3 is 0 Å². The van der Waals surface area contributed by atoms with Gasteiger partial charge in [0.1, 0.15) is 11.4 Å². The second-order valence-electron chi connectivity index (χ2n) is 5.96. The van der Waals surface area contributed by atoms with Gasteiger partial charge in [-0.2, -0.15) is 5.10 Å². The number of aliphatic hydroxyl groups is 1. The SMILES string of the molecule is CCNC(=NCc1cc(Br)ccc1F)NCC(C)(O)c1cnn(C)c1. The van der Waals surface area contributed by atoms with Crippen molar-refractivity contribution in [3.63, 3.8) is 0 Å². The monoisotopic (exact) mass is 411 g/mol. The smallest absolute Gasteiger partial charge is 0.191 e. The molecule has 0 saturated carbocycles. The van der Waals surface area contributed by atoms with Crippen molar-refractivity contribution in [1.29, 1.82) is 0 Å². The van der Waals surface area contributed by atoms with Gasteiger partial charge in [-0.05, 0) is 32.0 Å². The summed E-state index contributed by atoms with van der Waals surface area (Å²) in [4.78, 5) is 4.39. The number of guanidine groups is 1. The number of rotatable bonds is 6. The lowest BCUT2D eigenvalue weighted by molar-refractivity contribution is 0.0616. The number of aliphatic imine (C=N–C) groups is 1. The molecule has 0 aliphatic carbocycles. The van der Waals surface area contributed by atoms with Crippen LogP contribution in [0, 0.1) is 5.82 Å². The molecule has 3 N–H and O–H groups in total. The van der Waals surface area contributed by atoms with Crippen molar-refractivity contribution in [3.05, 3.63) is 52.0 Å². The maximum atomic E-state index is 13.8. The van der Waals surface area contributed by atoms with Crippen molar-refractivity contribution in [1.82, 2.24) is 20.4 Å². The maximum absolute atomic E-state index is 13.8. The molecule has 0 bridgehead atoms. The molecular weight excluding hydrogens is 389 g/mol. The van der Waals surface area contributed by atoms with Crippen LogP contribution in [-0.2, 0) is 19.2 Å². The summed E-state index contributed by atoms with van der Waals surface area (Å²) in [5, 5.41) is 20.9. The minimum atomic E-state index is -1.11. The third-order valence-electron chi connectivity index (χ3n) is 3.69. The van der Waals surface area contributed by atoms with Crippen molar-refractivity contribution >= 4 is 21.9 Å². The van der Waals surface area contributed by atoms with E-state index in [9.17, 15) is 9.50 Å². The predicted octanol–water partition coefficient (Wildman–Crippen LogP) is 2.28. The summed E-state index contributed by atoms with van der Waals surface area (Å²) in [7, 11) is 1.80. The van der Waals surface area contributed by atoms with Gasteiger partial charge in [0.25, 0.3) is 0 Å². The molecule has 2 aromatic rings. The molecule has 1 aromatic carbocycles. The fourth-order valence-electron chi connectivity index (χ4n) is 2.23. The highest BCUT2D eigenvalue weighted by Gasteiger charge is 2.25. The van der Waals surface area contributed by atoms with Gasteiger partial charge in [0.05, 0.1) is 19.3 Å². The first kappa shape index (κ1) is 19.4. The normalized spacial score (nSPS) is 14.2. The maximum Gasteiger partial charge on any atom is 0.191 e. The van der Waals surface area contributed by atoms with E-state index in [1.165, 1.54) is 6.07 Å². The number of hydrogen-bond acceptors (Lipinski definition) is 3. The molecule has 0 spiro atoms. The first-order chi connectivity index (χ1) is 11.8. The second-order valence-corrected chi connectivity index (χ2v) is 6.88. The highest BCUT2D eigenvalue weighted by Crippen LogP contribution is 2.19. The molecule has 1 heterocycles. The van der Waals surface area contributed by atoms with Gasteiger partial charge in [-0.3, -0.25) is 4.68 Å². The molecule has 1 aromatic heterocycles. The number of aryl methyl sites for hydroxylation is 1. The zero-order valence-electron chi connectivity index (χ0n) is 14.6.